The topological polar surface area (TPSA) is 88.2 Å². The van der Waals surface area contributed by atoms with Crippen molar-refractivity contribution in [3.63, 3.8) is 0 Å². The van der Waals surface area contributed by atoms with E-state index in [1.54, 1.807) is 11.4 Å². The molecule has 1 atom stereocenters. The highest BCUT2D eigenvalue weighted by molar-refractivity contribution is 7.14. The van der Waals surface area contributed by atoms with Crippen molar-refractivity contribution < 1.29 is 14.4 Å². The van der Waals surface area contributed by atoms with Gasteiger partial charge in [0.1, 0.15) is 12.0 Å². The highest BCUT2D eigenvalue weighted by Gasteiger charge is 2.17. The second-order valence-corrected chi connectivity index (χ2v) is 7.82. The number of benzene rings is 3. The van der Waals surface area contributed by atoms with Crippen molar-refractivity contribution >= 4 is 45.3 Å². The molecule has 6 nitrogen and oxygen atoms in total. The highest BCUT2D eigenvalue weighted by atomic mass is 32.1. The van der Waals surface area contributed by atoms with Gasteiger partial charge < -0.3 is 10.1 Å². The van der Waals surface area contributed by atoms with Crippen LogP contribution in [-0.4, -0.2) is 29.1 Å². The number of anilines is 1. The first-order valence-electron chi connectivity index (χ1n) is 9.68. The molecule has 4 aromatic rings. The monoisotopic (exact) mass is 429 g/mol. The molecule has 2 N–H and O–H groups in total. The lowest BCUT2D eigenvalue weighted by atomic mass is 10.1. The summed E-state index contributed by atoms with van der Waals surface area (Å²) in [6.07, 6.45) is 1.10. The van der Waals surface area contributed by atoms with E-state index in [2.05, 4.69) is 15.6 Å². The lowest BCUT2D eigenvalue weighted by molar-refractivity contribution is -0.109. The number of carbonyl (C=O) groups excluding carboxylic acids is 3. The first-order valence-corrected chi connectivity index (χ1v) is 10.6. The molecule has 0 radical (unpaired) electrons. The zero-order valence-corrected chi connectivity index (χ0v) is 17.3. The van der Waals surface area contributed by atoms with E-state index in [0.717, 1.165) is 27.7 Å². The van der Waals surface area contributed by atoms with E-state index in [1.807, 2.05) is 66.7 Å². The fraction of sp³-hybridized carbons (Fsp3) is 0.0833. The molecule has 0 bridgehead atoms. The van der Waals surface area contributed by atoms with Crippen LogP contribution >= 0.6 is 11.3 Å². The number of fused-ring (bicyclic) bond motifs is 1. The molecule has 31 heavy (non-hydrogen) atoms. The molecule has 154 valence electrons. The van der Waals surface area contributed by atoms with Crippen LogP contribution in [0.4, 0.5) is 5.13 Å². The van der Waals surface area contributed by atoms with Crippen LogP contribution in [0.1, 0.15) is 26.4 Å². The summed E-state index contributed by atoms with van der Waals surface area (Å²) in [5.41, 5.74) is 1.60. The minimum Gasteiger partial charge on any atom is -0.341 e. The zero-order valence-electron chi connectivity index (χ0n) is 16.4. The van der Waals surface area contributed by atoms with Gasteiger partial charge in [-0.05, 0) is 34.9 Å². The number of aromatic nitrogens is 1. The zero-order chi connectivity index (χ0) is 21.6. The summed E-state index contributed by atoms with van der Waals surface area (Å²) in [6.45, 7) is 0. The minimum atomic E-state index is -0.660. The summed E-state index contributed by atoms with van der Waals surface area (Å²) < 4.78 is 0. The number of aldehydes is 1. The Balaban J connectivity index is 1.40. The van der Waals surface area contributed by atoms with Crippen LogP contribution in [0.5, 0.6) is 0 Å². The van der Waals surface area contributed by atoms with Crippen LogP contribution in [-0.2, 0) is 11.2 Å². The summed E-state index contributed by atoms with van der Waals surface area (Å²) in [4.78, 5) is 40.6. The maximum Gasteiger partial charge on any atom is 0.271 e. The van der Waals surface area contributed by atoms with Gasteiger partial charge in [-0.25, -0.2) is 4.98 Å². The molecule has 1 aromatic heterocycles. The van der Waals surface area contributed by atoms with Gasteiger partial charge >= 0.3 is 0 Å². The van der Waals surface area contributed by atoms with E-state index < -0.39 is 11.9 Å². The Morgan fingerprint density at radius 1 is 0.935 bits per heavy atom. The fourth-order valence-corrected chi connectivity index (χ4v) is 3.86. The standard InChI is InChI=1S/C24H19N3O3S/c28-14-20(12-16-6-2-1-3-7-16)25-23(30)21-15-31-24(26-21)27-22(29)19-11-10-17-8-4-5-9-18(17)13-19/h1-11,13-15,20H,12H2,(H,25,30)(H,26,27,29)/t20-/m0/s1. The molecule has 0 unspecified atom stereocenters. The smallest absolute Gasteiger partial charge is 0.271 e. The molecule has 0 fully saturated rings. The molecule has 4 rings (SSSR count). The Bertz CT molecular complexity index is 1240. The minimum absolute atomic E-state index is 0.152. The lowest BCUT2D eigenvalue weighted by Gasteiger charge is -2.11. The van der Waals surface area contributed by atoms with Gasteiger partial charge in [-0.2, -0.15) is 0 Å². The third-order valence-corrected chi connectivity index (χ3v) is 5.51. The summed E-state index contributed by atoms with van der Waals surface area (Å²) in [7, 11) is 0. The summed E-state index contributed by atoms with van der Waals surface area (Å²) in [6, 6.07) is 22.0. The largest absolute Gasteiger partial charge is 0.341 e. The molecule has 0 aliphatic carbocycles. The molecule has 0 aliphatic rings. The average Bonchev–Trinajstić information content (AvgIpc) is 3.27. The normalized spacial score (nSPS) is 11.6. The number of nitrogens with one attached hydrogen (secondary N) is 2. The average molecular weight is 430 g/mol. The molecular formula is C24H19N3O3S. The van der Waals surface area contributed by atoms with E-state index in [-0.39, 0.29) is 11.6 Å². The quantitative estimate of drug-likeness (QED) is 0.433. The van der Waals surface area contributed by atoms with E-state index in [4.69, 9.17) is 0 Å². The lowest BCUT2D eigenvalue weighted by Crippen LogP contribution is -2.37. The van der Waals surface area contributed by atoms with Gasteiger partial charge in [0.05, 0.1) is 6.04 Å². The van der Waals surface area contributed by atoms with Gasteiger partial charge in [0, 0.05) is 10.9 Å². The van der Waals surface area contributed by atoms with Crippen molar-refractivity contribution in [3.05, 3.63) is 95.0 Å². The summed E-state index contributed by atoms with van der Waals surface area (Å²) in [5, 5.41) is 9.28. The van der Waals surface area contributed by atoms with E-state index in [0.29, 0.717) is 23.4 Å². The van der Waals surface area contributed by atoms with Gasteiger partial charge in [-0.3, -0.25) is 14.9 Å². The van der Waals surface area contributed by atoms with Crippen LogP contribution in [0.3, 0.4) is 0 Å². The molecule has 0 aliphatic heterocycles. The number of nitrogens with zero attached hydrogens (tertiary/aromatic N) is 1. The van der Waals surface area contributed by atoms with Gasteiger partial charge in [0.25, 0.3) is 11.8 Å². The van der Waals surface area contributed by atoms with Gasteiger partial charge in [0.15, 0.2) is 5.13 Å². The van der Waals surface area contributed by atoms with Gasteiger partial charge in [-0.15, -0.1) is 11.3 Å². The second kappa shape index (κ2) is 9.32. The van der Waals surface area contributed by atoms with Crippen molar-refractivity contribution in [2.24, 2.45) is 0 Å². The number of rotatable bonds is 7. The van der Waals surface area contributed by atoms with Crippen LogP contribution in [0, 0.1) is 0 Å². The second-order valence-electron chi connectivity index (χ2n) is 6.96. The Kier molecular flexibility index (Phi) is 6.14. The maximum atomic E-state index is 12.6. The third kappa shape index (κ3) is 5.02. The van der Waals surface area contributed by atoms with Crippen molar-refractivity contribution in [3.8, 4) is 0 Å². The number of carbonyl (C=O) groups is 3. The van der Waals surface area contributed by atoms with Crippen molar-refractivity contribution in [1.29, 1.82) is 0 Å². The molecule has 0 saturated heterocycles. The van der Waals surface area contributed by atoms with Gasteiger partial charge in [-0.1, -0.05) is 60.7 Å². The third-order valence-electron chi connectivity index (χ3n) is 4.75. The number of hydrogen-bond acceptors (Lipinski definition) is 5. The highest BCUT2D eigenvalue weighted by Crippen LogP contribution is 2.19. The Morgan fingerprint density at radius 2 is 1.68 bits per heavy atom. The van der Waals surface area contributed by atoms with Crippen LogP contribution < -0.4 is 10.6 Å². The van der Waals surface area contributed by atoms with Crippen molar-refractivity contribution in [1.82, 2.24) is 10.3 Å². The van der Waals surface area contributed by atoms with Crippen LogP contribution in [0.15, 0.2) is 78.2 Å². The molecule has 0 spiro atoms. The van der Waals surface area contributed by atoms with E-state index in [1.165, 1.54) is 0 Å². The fourth-order valence-electron chi connectivity index (χ4n) is 3.18. The van der Waals surface area contributed by atoms with Gasteiger partial charge in [0.2, 0.25) is 0 Å². The molecule has 2 amide bonds. The van der Waals surface area contributed by atoms with E-state index >= 15 is 0 Å². The predicted octanol–water partition coefficient (Wildman–Crippen LogP) is 4.09. The molecule has 1 heterocycles. The van der Waals surface area contributed by atoms with Crippen molar-refractivity contribution in [2.75, 3.05) is 5.32 Å². The molecule has 3 aromatic carbocycles. The molecular weight excluding hydrogens is 410 g/mol. The molecule has 0 saturated carbocycles. The number of amides is 2. The number of thiazole rings is 1. The SMILES string of the molecule is O=C[C@H](Cc1ccccc1)NC(=O)c1csc(NC(=O)c2ccc3ccccc3c2)n1. The summed E-state index contributed by atoms with van der Waals surface area (Å²) >= 11 is 1.15. The first kappa shape index (κ1) is 20.4. The first-order chi connectivity index (χ1) is 15.1. The van der Waals surface area contributed by atoms with E-state index in [9.17, 15) is 14.4 Å². The van der Waals surface area contributed by atoms with Crippen LogP contribution in [0.2, 0.25) is 0 Å². The van der Waals surface area contributed by atoms with Crippen LogP contribution in [0.25, 0.3) is 10.8 Å². The summed E-state index contributed by atoms with van der Waals surface area (Å²) in [5.74, 6) is -0.766. The Hall–Kier alpha value is -3.84. The Labute approximate surface area is 182 Å². The Morgan fingerprint density at radius 3 is 2.45 bits per heavy atom. The predicted molar refractivity (Wildman–Crippen MR) is 121 cm³/mol. The number of hydrogen-bond donors (Lipinski definition) is 2. The van der Waals surface area contributed by atoms with Crippen molar-refractivity contribution in [2.45, 2.75) is 12.5 Å². The maximum absolute atomic E-state index is 12.6. The molecule has 7 heteroatoms.